The van der Waals surface area contributed by atoms with Gasteiger partial charge in [-0.25, -0.2) is 18.4 Å². The number of carboxylic acids is 2. The summed E-state index contributed by atoms with van der Waals surface area (Å²) in [7, 11) is 0. The van der Waals surface area contributed by atoms with Gasteiger partial charge < -0.3 is 14.9 Å². The first-order valence-electron chi connectivity index (χ1n) is 9.45. The molecule has 2 aliphatic rings. The molecule has 0 amide bonds. The number of hydrogen-bond acceptors (Lipinski definition) is 4. The van der Waals surface area contributed by atoms with Gasteiger partial charge in [0.25, 0.3) is 0 Å². The van der Waals surface area contributed by atoms with E-state index in [9.17, 15) is 28.6 Å². The Kier molecular flexibility index (Phi) is 6.02. The van der Waals surface area contributed by atoms with Gasteiger partial charge in [0.1, 0.15) is 5.54 Å². The van der Waals surface area contributed by atoms with Crippen molar-refractivity contribution in [2.24, 2.45) is 11.8 Å². The third-order valence-corrected chi connectivity index (χ3v) is 5.86. The van der Waals surface area contributed by atoms with Gasteiger partial charge in [-0.05, 0) is 44.0 Å². The van der Waals surface area contributed by atoms with E-state index in [1.807, 2.05) is 0 Å². The summed E-state index contributed by atoms with van der Waals surface area (Å²) in [5.41, 5.74) is -1.39. The molecule has 1 aliphatic heterocycles. The molecule has 1 fully saturated rings. The molecular formula is C21H23F2NO5. The van der Waals surface area contributed by atoms with Crippen LogP contribution in [0.5, 0.6) is 5.75 Å². The van der Waals surface area contributed by atoms with E-state index in [1.165, 1.54) is 24.3 Å². The van der Waals surface area contributed by atoms with E-state index in [-0.39, 0.29) is 18.1 Å². The van der Waals surface area contributed by atoms with Crippen LogP contribution in [-0.4, -0.2) is 52.3 Å². The topological polar surface area (TPSA) is 87.1 Å². The third kappa shape index (κ3) is 3.89. The average molecular weight is 407 g/mol. The van der Waals surface area contributed by atoms with Gasteiger partial charge in [0.2, 0.25) is 0 Å². The number of para-hydroxylation sites is 1. The van der Waals surface area contributed by atoms with Crippen molar-refractivity contribution >= 4 is 11.9 Å². The lowest BCUT2D eigenvalue weighted by Gasteiger charge is -2.46. The first-order valence-corrected chi connectivity index (χ1v) is 9.45. The molecule has 8 heteroatoms. The fourth-order valence-corrected chi connectivity index (χ4v) is 4.14. The lowest BCUT2D eigenvalue weighted by Crippen LogP contribution is -2.61. The summed E-state index contributed by atoms with van der Waals surface area (Å²) in [5, 5.41) is 19.4. The minimum atomic E-state index is -1.44. The molecule has 156 valence electrons. The highest BCUT2D eigenvalue weighted by atomic mass is 19.1. The number of hydrogen-bond donors (Lipinski definition) is 2. The molecule has 0 radical (unpaired) electrons. The molecule has 29 heavy (non-hydrogen) atoms. The molecule has 1 aliphatic carbocycles. The summed E-state index contributed by atoms with van der Waals surface area (Å²) in [6.07, 6.45) is 5.58. The zero-order chi connectivity index (χ0) is 21.2. The first kappa shape index (κ1) is 21.0. The number of benzene rings is 1. The van der Waals surface area contributed by atoms with Gasteiger partial charge in [0.05, 0.1) is 6.61 Å². The molecule has 0 aromatic heterocycles. The Morgan fingerprint density at radius 1 is 1.21 bits per heavy atom. The minimum absolute atomic E-state index is 0.00784. The lowest BCUT2D eigenvalue weighted by molar-refractivity contribution is -0.152. The Hall–Kier alpha value is -2.74. The summed E-state index contributed by atoms with van der Waals surface area (Å²) < 4.78 is 32.7. The number of carboxylic acid groups (broad SMARTS) is 2. The van der Waals surface area contributed by atoms with E-state index in [4.69, 9.17) is 4.74 Å². The van der Waals surface area contributed by atoms with Crippen LogP contribution in [0, 0.1) is 23.5 Å². The molecule has 0 spiro atoms. The molecule has 1 aromatic rings. The van der Waals surface area contributed by atoms with Gasteiger partial charge in [-0.1, -0.05) is 31.2 Å². The molecule has 3 rings (SSSR count). The molecule has 2 N–H and O–H groups in total. The number of ether oxygens (including phenoxy) is 1. The van der Waals surface area contributed by atoms with Gasteiger partial charge in [0.15, 0.2) is 17.4 Å². The van der Waals surface area contributed by atoms with Crippen LogP contribution in [0.4, 0.5) is 8.78 Å². The second kappa shape index (κ2) is 8.32. The molecule has 2 unspecified atom stereocenters. The Labute approximate surface area is 167 Å². The van der Waals surface area contributed by atoms with Gasteiger partial charge >= 0.3 is 11.9 Å². The second-order valence-corrected chi connectivity index (χ2v) is 7.43. The summed E-state index contributed by atoms with van der Waals surface area (Å²) in [5.74, 6) is -4.89. The zero-order valence-corrected chi connectivity index (χ0v) is 16.0. The molecule has 0 saturated carbocycles. The largest absolute Gasteiger partial charge is 0.487 e. The SMILES string of the molecule is CC1C(C(=O)O)=CC=CC1(C(=O)O)N1CCC(COc2c(F)cccc2F)CC1. The van der Waals surface area contributed by atoms with Gasteiger partial charge in [0, 0.05) is 11.5 Å². The quantitative estimate of drug-likeness (QED) is 0.754. The Bertz CT molecular complexity index is 840. The van der Waals surface area contributed by atoms with Crippen LogP contribution in [-0.2, 0) is 9.59 Å². The Balaban J connectivity index is 1.67. The van der Waals surface area contributed by atoms with Crippen molar-refractivity contribution in [3.63, 3.8) is 0 Å². The smallest absolute Gasteiger partial charge is 0.331 e. The van der Waals surface area contributed by atoms with Crippen molar-refractivity contribution in [1.82, 2.24) is 4.90 Å². The zero-order valence-electron chi connectivity index (χ0n) is 16.0. The van der Waals surface area contributed by atoms with Crippen molar-refractivity contribution in [3.8, 4) is 5.75 Å². The van der Waals surface area contributed by atoms with Crippen LogP contribution in [0.1, 0.15) is 19.8 Å². The van der Waals surface area contributed by atoms with E-state index in [2.05, 4.69) is 0 Å². The van der Waals surface area contributed by atoms with E-state index < -0.39 is 40.8 Å². The Morgan fingerprint density at radius 2 is 1.83 bits per heavy atom. The lowest BCUT2D eigenvalue weighted by atomic mass is 9.74. The second-order valence-electron chi connectivity index (χ2n) is 7.43. The van der Waals surface area contributed by atoms with Crippen LogP contribution in [0.2, 0.25) is 0 Å². The third-order valence-electron chi connectivity index (χ3n) is 5.86. The summed E-state index contributed by atoms with van der Waals surface area (Å²) in [6.45, 7) is 2.54. The maximum Gasteiger partial charge on any atom is 0.331 e. The molecule has 0 bridgehead atoms. The average Bonchev–Trinajstić information content (AvgIpc) is 2.68. The molecular weight excluding hydrogens is 384 g/mol. The summed E-state index contributed by atoms with van der Waals surface area (Å²) in [4.78, 5) is 25.5. The van der Waals surface area contributed by atoms with Crippen LogP contribution in [0.15, 0.2) is 42.0 Å². The Morgan fingerprint density at radius 3 is 2.38 bits per heavy atom. The summed E-state index contributed by atoms with van der Waals surface area (Å²) in [6, 6.07) is 3.52. The normalized spacial score (nSPS) is 25.5. The highest BCUT2D eigenvalue weighted by molar-refractivity contribution is 5.92. The van der Waals surface area contributed by atoms with E-state index in [1.54, 1.807) is 11.8 Å². The van der Waals surface area contributed by atoms with Crippen molar-refractivity contribution in [3.05, 3.63) is 53.6 Å². The monoisotopic (exact) mass is 407 g/mol. The summed E-state index contributed by atoms with van der Waals surface area (Å²) >= 11 is 0. The van der Waals surface area contributed by atoms with Crippen LogP contribution in [0.25, 0.3) is 0 Å². The predicted molar refractivity (Wildman–Crippen MR) is 101 cm³/mol. The van der Waals surface area contributed by atoms with Crippen molar-refractivity contribution < 1.29 is 33.3 Å². The van der Waals surface area contributed by atoms with Crippen molar-refractivity contribution in [2.75, 3.05) is 19.7 Å². The fourth-order valence-electron chi connectivity index (χ4n) is 4.14. The number of nitrogens with zero attached hydrogens (tertiary/aromatic N) is 1. The van der Waals surface area contributed by atoms with Gasteiger partial charge in [-0.3, -0.25) is 4.90 Å². The van der Waals surface area contributed by atoms with E-state index in [0.717, 1.165) is 12.1 Å². The fraction of sp³-hybridized carbons (Fsp3) is 0.429. The number of carbonyl (C=O) groups is 2. The number of aliphatic carboxylic acids is 2. The number of halogens is 2. The number of piperidine rings is 1. The molecule has 1 aromatic carbocycles. The van der Waals surface area contributed by atoms with Crippen molar-refractivity contribution in [1.29, 1.82) is 0 Å². The molecule has 1 saturated heterocycles. The van der Waals surface area contributed by atoms with Crippen molar-refractivity contribution in [2.45, 2.75) is 25.3 Å². The van der Waals surface area contributed by atoms with E-state index in [0.29, 0.717) is 25.9 Å². The highest BCUT2D eigenvalue weighted by Gasteiger charge is 2.51. The van der Waals surface area contributed by atoms with Gasteiger partial charge in [-0.2, -0.15) is 0 Å². The van der Waals surface area contributed by atoms with Crippen LogP contribution in [0.3, 0.4) is 0 Å². The highest BCUT2D eigenvalue weighted by Crippen LogP contribution is 2.38. The molecule has 2 atom stereocenters. The number of allylic oxidation sites excluding steroid dienone is 2. The van der Waals surface area contributed by atoms with Gasteiger partial charge in [-0.15, -0.1) is 0 Å². The maximum absolute atomic E-state index is 13.7. The first-order chi connectivity index (χ1) is 13.8. The number of likely N-dealkylation sites (tertiary alicyclic amines) is 1. The van der Waals surface area contributed by atoms with Crippen LogP contribution < -0.4 is 4.74 Å². The number of rotatable bonds is 6. The molecule has 1 heterocycles. The molecule has 6 nitrogen and oxygen atoms in total. The maximum atomic E-state index is 13.7. The predicted octanol–water partition coefficient (Wildman–Crippen LogP) is 3.10. The minimum Gasteiger partial charge on any atom is -0.487 e. The van der Waals surface area contributed by atoms with E-state index >= 15 is 0 Å². The van der Waals surface area contributed by atoms with Crippen LogP contribution >= 0.6 is 0 Å². The standard InChI is InChI=1S/C21H23F2NO5/c1-13-15(19(25)26)4-3-9-21(13,20(27)28)24-10-7-14(8-11-24)12-29-18-16(22)5-2-6-17(18)23/h2-6,9,13-14H,7-8,10-12H2,1H3,(H,25,26)(H,27,28).